The van der Waals surface area contributed by atoms with E-state index in [0.717, 1.165) is 22.8 Å². The minimum Gasteiger partial charge on any atom is -0.307 e. The summed E-state index contributed by atoms with van der Waals surface area (Å²) in [6.45, 7) is 9.23. The number of halogens is 2. The maximum atomic E-state index is 13.3. The van der Waals surface area contributed by atoms with Crippen LogP contribution in [0.1, 0.15) is 31.3 Å². The van der Waals surface area contributed by atoms with Crippen molar-refractivity contribution in [1.29, 1.82) is 0 Å². The summed E-state index contributed by atoms with van der Waals surface area (Å²) in [5, 5.41) is 4.39. The molecule has 2 nitrogen and oxygen atoms in total. The Morgan fingerprint density at radius 1 is 1.35 bits per heavy atom. The van der Waals surface area contributed by atoms with Crippen molar-refractivity contribution in [3.05, 3.63) is 39.1 Å². The lowest BCUT2D eigenvalue weighted by molar-refractivity contribution is 0.425. The molecule has 0 amide bonds. The van der Waals surface area contributed by atoms with Gasteiger partial charge in [-0.15, -0.1) is 11.3 Å². The predicted octanol–water partition coefficient (Wildman–Crippen LogP) is 4.91. The first-order valence-electron chi connectivity index (χ1n) is 6.43. The van der Waals surface area contributed by atoms with E-state index in [0.29, 0.717) is 4.47 Å². The molecule has 0 fully saturated rings. The van der Waals surface area contributed by atoms with Crippen LogP contribution < -0.4 is 5.32 Å². The van der Waals surface area contributed by atoms with Crippen molar-refractivity contribution in [2.24, 2.45) is 0 Å². The minimum atomic E-state index is -0.253. The zero-order valence-corrected chi connectivity index (χ0v) is 14.5. The molecule has 0 saturated heterocycles. The van der Waals surface area contributed by atoms with Crippen LogP contribution in [-0.4, -0.2) is 10.5 Å². The van der Waals surface area contributed by atoms with Crippen molar-refractivity contribution < 1.29 is 4.39 Å². The zero-order chi connectivity index (χ0) is 14.9. The third-order valence-corrected chi connectivity index (χ3v) is 4.65. The second kappa shape index (κ2) is 5.92. The maximum absolute atomic E-state index is 13.3. The molecule has 1 heterocycles. The van der Waals surface area contributed by atoms with Crippen LogP contribution in [0.2, 0.25) is 0 Å². The van der Waals surface area contributed by atoms with Gasteiger partial charge in [-0.1, -0.05) is 0 Å². The highest BCUT2D eigenvalue weighted by Crippen LogP contribution is 2.30. The van der Waals surface area contributed by atoms with Crippen LogP contribution in [0.3, 0.4) is 0 Å². The van der Waals surface area contributed by atoms with Crippen molar-refractivity contribution >= 4 is 27.3 Å². The van der Waals surface area contributed by atoms with Gasteiger partial charge in [0.25, 0.3) is 0 Å². The summed E-state index contributed by atoms with van der Waals surface area (Å²) in [6, 6.07) is 5.00. The van der Waals surface area contributed by atoms with Crippen molar-refractivity contribution in [3.63, 3.8) is 0 Å². The van der Waals surface area contributed by atoms with E-state index in [-0.39, 0.29) is 11.4 Å². The lowest BCUT2D eigenvalue weighted by Gasteiger charge is -2.19. The largest absolute Gasteiger partial charge is 0.307 e. The van der Waals surface area contributed by atoms with E-state index in [2.05, 4.69) is 47.0 Å². The average molecular weight is 357 g/mol. The van der Waals surface area contributed by atoms with Gasteiger partial charge < -0.3 is 5.32 Å². The SMILES string of the molecule is Cc1nc(-c2ccc(F)c(Br)c2)sc1CNC(C)(C)C. The number of benzene rings is 1. The Balaban J connectivity index is 2.24. The summed E-state index contributed by atoms with van der Waals surface area (Å²) in [6.07, 6.45) is 0. The number of aryl methyl sites for hydroxylation is 1. The second-order valence-corrected chi connectivity index (χ2v) is 7.70. The van der Waals surface area contributed by atoms with Gasteiger partial charge in [0.15, 0.2) is 0 Å². The fourth-order valence-corrected chi connectivity index (χ4v) is 3.07. The van der Waals surface area contributed by atoms with Gasteiger partial charge in [0.1, 0.15) is 10.8 Å². The third kappa shape index (κ3) is 3.87. The number of rotatable bonds is 3. The molecule has 1 aromatic heterocycles. The standard InChI is InChI=1S/C15H18BrFN2S/c1-9-13(8-18-15(2,3)4)20-14(19-9)10-5-6-12(17)11(16)7-10/h5-7,18H,8H2,1-4H3. The van der Waals surface area contributed by atoms with Crippen LogP contribution in [0.25, 0.3) is 10.6 Å². The van der Waals surface area contributed by atoms with Gasteiger partial charge in [-0.25, -0.2) is 9.37 Å². The van der Waals surface area contributed by atoms with Gasteiger partial charge in [0, 0.05) is 22.5 Å². The molecule has 0 atom stereocenters. The number of nitrogens with one attached hydrogen (secondary N) is 1. The van der Waals surface area contributed by atoms with Gasteiger partial charge in [0.2, 0.25) is 0 Å². The van der Waals surface area contributed by atoms with E-state index in [1.165, 1.54) is 10.9 Å². The van der Waals surface area contributed by atoms with Crippen molar-refractivity contribution in [3.8, 4) is 10.6 Å². The quantitative estimate of drug-likeness (QED) is 0.844. The molecule has 0 bridgehead atoms. The van der Waals surface area contributed by atoms with E-state index in [1.54, 1.807) is 23.5 Å². The summed E-state index contributed by atoms with van der Waals surface area (Å²) in [5.41, 5.74) is 2.05. The minimum absolute atomic E-state index is 0.0789. The average Bonchev–Trinajstić information content (AvgIpc) is 2.71. The molecular weight excluding hydrogens is 339 g/mol. The third-order valence-electron chi connectivity index (χ3n) is 2.84. The van der Waals surface area contributed by atoms with Crippen molar-refractivity contribution in [2.45, 2.75) is 39.8 Å². The topological polar surface area (TPSA) is 24.9 Å². The summed E-state index contributed by atoms with van der Waals surface area (Å²) < 4.78 is 13.7. The van der Waals surface area contributed by atoms with Gasteiger partial charge in [0.05, 0.1) is 10.2 Å². The lowest BCUT2D eigenvalue weighted by Crippen LogP contribution is -2.34. The predicted molar refractivity (Wildman–Crippen MR) is 86.5 cm³/mol. The van der Waals surface area contributed by atoms with E-state index >= 15 is 0 Å². The summed E-state index contributed by atoms with van der Waals surface area (Å²) in [4.78, 5) is 5.81. The molecule has 5 heteroatoms. The van der Waals surface area contributed by atoms with Crippen molar-refractivity contribution in [2.75, 3.05) is 0 Å². The van der Waals surface area contributed by atoms with Crippen LogP contribution in [-0.2, 0) is 6.54 Å². The first-order chi connectivity index (χ1) is 9.26. The highest BCUT2D eigenvalue weighted by Gasteiger charge is 2.14. The Morgan fingerprint density at radius 3 is 2.65 bits per heavy atom. The number of hydrogen-bond acceptors (Lipinski definition) is 3. The Bertz CT molecular complexity index is 617. The molecule has 1 aromatic carbocycles. The molecule has 0 radical (unpaired) electrons. The monoisotopic (exact) mass is 356 g/mol. The number of thiazole rings is 1. The summed E-state index contributed by atoms with van der Waals surface area (Å²) in [5.74, 6) is -0.253. The van der Waals surface area contributed by atoms with Crippen molar-refractivity contribution in [1.82, 2.24) is 10.3 Å². The Labute approximate surface area is 131 Å². The second-order valence-electron chi connectivity index (χ2n) is 5.76. The number of nitrogens with zero attached hydrogens (tertiary/aromatic N) is 1. The summed E-state index contributed by atoms with van der Waals surface area (Å²) in [7, 11) is 0. The highest BCUT2D eigenvalue weighted by atomic mass is 79.9. The Morgan fingerprint density at radius 2 is 2.05 bits per heavy atom. The van der Waals surface area contributed by atoms with E-state index < -0.39 is 0 Å². The van der Waals surface area contributed by atoms with E-state index in [4.69, 9.17) is 0 Å². The molecular formula is C15H18BrFN2S. The molecule has 0 unspecified atom stereocenters. The van der Waals surface area contributed by atoms with E-state index in [9.17, 15) is 4.39 Å². The fourth-order valence-electron chi connectivity index (χ4n) is 1.69. The zero-order valence-electron chi connectivity index (χ0n) is 12.1. The molecule has 20 heavy (non-hydrogen) atoms. The van der Waals surface area contributed by atoms with Crippen LogP contribution in [0.15, 0.2) is 22.7 Å². The van der Waals surface area contributed by atoms with Crippen LogP contribution in [0.5, 0.6) is 0 Å². The molecule has 1 N–H and O–H groups in total. The highest BCUT2D eigenvalue weighted by molar-refractivity contribution is 9.10. The van der Waals surface area contributed by atoms with Crippen LogP contribution >= 0.6 is 27.3 Å². The molecule has 0 aliphatic rings. The van der Waals surface area contributed by atoms with Gasteiger partial charge >= 0.3 is 0 Å². The molecule has 0 spiro atoms. The van der Waals surface area contributed by atoms with Gasteiger partial charge in [-0.05, 0) is 61.8 Å². The molecule has 0 saturated carbocycles. The van der Waals surface area contributed by atoms with Gasteiger partial charge in [-0.2, -0.15) is 0 Å². The van der Waals surface area contributed by atoms with E-state index in [1.807, 2.05) is 6.92 Å². The van der Waals surface area contributed by atoms with Crippen LogP contribution in [0.4, 0.5) is 4.39 Å². The smallest absolute Gasteiger partial charge is 0.137 e. The molecule has 108 valence electrons. The molecule has 2 rings (SSSR count). The fraction of sp³-hybridized carbons (Fsp3) is 0.400. The summed E-state index contributed by atoms with van der Waals surface area (Å²) >= 11 is 4.87. The Kier molecular flexibility index (Phi) is 4.62. The number of hydrogen-bond donors (Lipinski definition) is 1. The molecule has 2 aromatic rings. The van der Waals surface area contributed by atoms with Crippen LogP contribution in [0, 0.1) is 12.7 Å². The Hall–Kier alpha value is -0.780. The lowest BCUT2D eigenvalue weighted by atomic mass is 10.1. The van der Waals surface area contributed by atoms with Gasteiger partial charge in [-0.3, -0.25) is 0 Å². The number of aromatic nitrogens is 1. The normalized spacial score (nSPS) is 11.9. The maximum Gasteiger partial charge on any atom is 0.137 e. The first kappa shape index (κ1) is 15.6. The molecule has 0 aliphatic carbocycles. The first-order valence-corrected chi connectivity index (χ1v) is 8.04. The molecule has 0 aliphatic heterocycles.